The first kappa shape index (κ1) is 10.7. The van der Waals surface area contributed by atoms with Gasteiger partial charge < -0.3 is 5.11 Å². The average Bonchev–Trinajstić information content (AvgIpc) is 2.30. The van der Waals surface area contributed by atoms with Crippen molar-refractivity contribution in [2.45, 2.75) is 6.61 Å². The summed E-state index contributed by atoms with van der Waals surface area (Å²) in [5.41, 5.74) is 1.49. The number of aliphatic hydroxyl groups excluding tert-OH is 1. The van der Waals surface area contributed by atoms with E-state index in [1.54, 1.807) is 0 Å². The number of hydrogen-bond acceptors (Lipinski definition) is 2. The van der Waals surface area contributed by atoms with Gasteiger partial charge in [-0.1, -0.05) is 0 Å². The Hall–Kier alpha value is -1.81. The molecule has 0 radical (unpaired) electrons. The van der Waals surface area contributed by atoms with Gasteiger partial charge in [0, 0.05) is 11.1 Å². The summed E-state index contributed by atoms with van der Waals surface area (Å²) in [7, 11) is 0. The Morgan fingerprint density at radius 3 is 2.38 bits per heavy atom. The second-order valence-electron chi connectivity index (χ2n) is 3.33. The van der Waals surface area contributed by atoms with Gasteiger partial charge >= 0.3 is 0 Å². The molecular weight excluding hydrogens is 212 g/mol. The Morgan fingerprint density at radius 1 is 1.06 bits per heavy atom. The van der Waals surface area contributed by atoms with Crippen LogP contribution >= 0.6 is 0 Å². The van der Waals surface area contributed by atoms with Gasteiger partial charge in [-0.25, -0.2) is 8.78 Å². The molecule has 82 valence electrons. The lowest BCUT2D eigenvalue weighted by atomic mass is 10.1. The minimum absolute atomic E-state index is 0.308. The van der Waals surface area contributed by atoms with Crippen LogP contribution in [0.15, 0.2) is 36.5 Å². The van der Waals surface area contributed by atoms with Crippen LogP contribution in [-0.2, 0) is 6.61 Å². The summed E-state index contributed by atoms with van der Waals surface area (Å²) in [5.74, 6) is -0.855. The maximum atomic E-state index is 12.9. The fourth-order valence-corrected chi connectivity index (χ4v) is 1.47. The van der Waals surface area contributed by atoms with E-state index in [4.69, 9.17) is 5.11 Å². The Labute approximate surface area is 91.2 Å². The van der Waals surface area contributed by atoms with Gasteiger partial charge in [-0.3, -0.25) is 4.98 Å². The molecule has 1 heterocycles. The van der Waals surface area contributed by atoms with Crippen molar-refractivity contribution in [1.82, 2.24) is 4.98 Å². The van der Waals surface area contributed by atoms with Crippen LogP contribution in [0.5, 0.6) is 0 Å². The van der Waals surface area contributed by atoms with Crippen molar-refractivity contribution in [3.8, 4) is 11.3 Å². The highest BCUT2D eigenvalue weighted by Crippen LogP contribution is 2.22. The molecule has 4 heteroatoms. The van der Waals surface area contributed by atoms with E-state index in [-0.39, 0.29) is 12.4 Å². The topological polar surface area (TPSA) is 33.1 Å². The van der Waals surface area contributed by atoms with Crippen LogP contribution in [0.1, 0.15) is 5.56 Å². The van der Waals surface area contributed by atoms with Crippen LogP contribution in [0.4, 0.5) is 8.78 Å². The Morgan fingerprint density at radius 2 is 1.75 bits per heavy atom. The van der Waals surface area contributed by atoms with Crippen molar-refractivity contribution in [2.24, 2.45) is 0 Å². The molecule has 0 aliphatic heterocycles. The van der Waals surface area contributed by atoms with Gasteiger partial charge in [-0.2, -0.15) is 0 Å². The zero-order valence-corrected chi connectivity index (χ0v) is 8.32. The van der Waals surface area contributed by atoms with E-state index in [2.05, 4.69) is 4.98 Å². The molecule has 0 aliphatic rings. The number of benzene rings is 1. The van der Waals surface area contributed by atoms with Crippen molar-refractivity contribution in [2.75, 3.05) is 0 Å². The van der Waals surface area contributed by atoms with Gasteiger partial charge in [0.1, 0.15) is 11.6 Å². The Balaban J connectivity index is 2.51. The number of hydrogen-bond donors (Lipinski definition) is 1. The van der Waals surface area contributed by atoms with E-state index in [0.717, 1.165) is 6.20 Å². The molecular formula is C12H9F2NO. The third-order valence-corrected chi connectivity index (χ3v) is 2.22. The molecule has 0 saturated heterocycles. The molecule has 0 aliphatic carbocycles. The summed E-state index contributed by atoms with van der Waals surface area (Å²) >= 11 is 0. The normalized spacial score (nSPS) is 10.4. The zero-order chi connectivity index (χ0) is 11.5. The third-order valence-electron chi connectivity index (χ3n) is 2.22. The molecule has 0 fully saturated rings. The highest BCUT2D eigenvalue weighted by atomic mass is 19.1. The SMILES string of the molecule is OCc1cc(F)cnc1-c1ccc(F)cc1. The molecule has 0 saturated carbocycles. The average molecular weight is 221 g/mol. The molecule has 0 spiro atoms. The van der Waals surface area contributed by atoms with E-state index < -0.39 is 5.82 Å². The van der Waals surface area contributed by atoms with Crippen molar-refractivity contribution in [3.63, 3.8) is 0 Å². The molecule has 16 heavy (non-hydrogen) atoms. The molecule has 1 aromatic heterocycles. The first-order valence-electron chi connectivity index (χ1n) is 4.72. The molecule has 2 rings (SSSR count). The smallest absolute Gasteiger partial charge is 0.141 e. The number of halogens is 2. The third kappa shape index (κ3) is 2.06. The van der Waals surface area contributed by atoms with Crippen LogP contribution in [0, 0.1) is 11.6 Å². The molecule has 0 atom stereocenters. The van der Waals surface area contributed by atoms with Gasteiger partial charge in [0.05, 0.1) is 18.5 Å². The van der Waals surface area contributed by atoms with E-state index >= 15 is 0 Å². The van der Waals surface area contributed by atoms with E-state index in [1.165, 1.54) is 30.3 Å². The molecule has 0 amide bonds. The maximum absolute atomic E-state index is 12.9. The van der Waals surface area contributed by atoms with Crippen molar-refractivity contribution < 1.29 is 13.9 Å². The summed E-state index contributed by atoms with van der Waals surface area (Å²) in [6.07, 6.45) is 1.07. The molecule has 2 aromatic rings. The highest BCUT2D eigenvalue weighted by Gasteiger charge is 2.07. The fraction of sp³-hybridized carbons (Fsp3) is 0.0833. The monoisotopic (exact) mass is 221 g/mol. The molecule has 0 unspecified atom stereocenters. The summed E-state index contributed by atoms with van der Waals surface area (Å²) < 4.78 is 25.6. The molecule has 1 aromatic carbocycles. The number of aliphatic hydroxyl groups is 1. The van der Waals surface area contributed by atoms with Crippen molar-refractivity contribution in [1.29, 1.82) is 0 Å². The minimum atomic E-state index is -0.505. The number of nitrogens with zero attached hydrogens (tertiary/aromatic N) is 1. The number of aromatic nitrogens is 1. The lowest BCUT2D eigenvalue weighted by Gasteiger charge is -2.06. The predicted octanol–water partition coefficient (Wildman–Crippen LogP) is 2.52. The van der Waals surface area contributed by atoms with Gasteiger partial charge in [-0.05, 0) is 30.3 Å². The maximum Gasteiger partial charge on any atom is 0.141 e. The summed E-state index contributed by atoms with van der Waals surface area (Å²) in [4.78, 5) is 3.89. The van der Waals surface area contributed by atoms with Crippen LogP contribution in [0.25, 0.3) is 11.3 Å². The van der Waals surface area contributed by atoms with Gasteiger partial charge in [0.2, 0.25) is 0 Å². The second-order valence-corrected chi connectivity index (χ2v) is 3.33. The lowest BCUT2D eigenvalue weighted by molar-refractivity contribution is 0.281. The summed E-state index contributed by atoms with van der Waals surface area (Å²) in [6, 6.07) is 6.87. The predicted molar refractivity (Wildman–Crippen MR) is 55.5 cm³/mol. The Bertz CT molecular complexity index is 497. The number of rotatable bonds is 2. The van der Waals surface area contributed by atoms with Crippen molar-refractivity contribution >= 4 is 0 Å². The minimum Gasteiger partial charge on any atom is -0.392 e. The summed E-state index contributed by atoms with van der Waals surface area (Å²) in [5, 5.41) is 9.08. The van der Waals surface area contributed by atoms with Crippen LogP contribution in [0.2, 0.25) is 0 Å². The first-order chi connectivity index (χ1) is 7.70. The molecule has 1 N–H and O–H groups in total. The fourth-order valence-electron chi connectivity index (χ4n) is 1.47. The lowest BCUT2D eigenvalue weighted by Crippen LogP contribution is -1.94. The van der Waals surface area contributed by atoms with Crippen molar-refractivity contribution in [3.05, 3.63) is 53.7 Å². The quantitative estimate of drug-likeness (QED) is 0.845. The van der Waals surface area contributed by atoms with Gasteiger partial charge in [0.25, 0.3) is 0 Å². The molecule has 2 nitrogen and oxygen atoms in total. The first-order valence-corrected chi connectivity index (χ1v) is 4.72. The van der Waals surface area contributed by atoms with Crippen LogP contribution in [0.3, 0.4) is 0 Å². The number of pyridine rings is 1. The van der Waals surface area contributed by atoms with E-state index in [0.29, 0.717) is 16.8 Å². The summed E-state index contributed by atoms with van der Waals surface area (Å²) in [6.45, 7) is -0.308. The molecule has 0 bridgehead atoms. The second kappa shape index (κ2) is 4.37. The largest absolute Gasteiger partial charge is 0.392 e. The van der Waals surface area contributed by atoms with E-state index in [9.17, 15) is 8.78 Å². The Kier molecular flexibility index (Phi) is 2.92. The van der Waals surface area contributed by atoms with Gasteiger partial charge in [-0.15, -0.1) is 0 Å². The van der Waals surface area contributed by atoms with Crippen LogP contribution in [-0.4, -0.2) is 10.1 Å². The zero-order valence-electron chi connectivity index (χ0n) is 8.32. The van der Waals surface area contributed by atoms with E-state index in [1.807, 2.05) is 0 Å². The highest BCUT2D eigenvalue weighted by molar-refractivity contribution is 5.62. The van der Waals surface area contributed by atoms with Crippen LogP contribution < -0.4 is 0 Å². The van der Waals surface area contributed by atoms with Gasteiger partial charge in [0.15, 0.2) is 0 Å². The standard InChI is InChI=1S/C12H9F2NO/c13-10-3-1-8(2-4-10)12-9(7-16)5-11(14)6-15-12/h1-6,16H,7H2.